The Morgan fingerprint density at radius 3 is 2.47 bits per heavy atom. The van der Waals surface area contributed by atoms with Crippen LogP contribution in [0.4, 0.5) is 10.8 Å². The summed E-state index contributed by atoms with van der Waals surface area (Å²) < 4.78 is 10.5. The van der Waals surface area contributed by atoms with Gasteiger partial charge in [-0.3, -0.25) is 14.9 Å². The molecule has 2 N–H and O–H groups in total. The highest BCUT2D eigenvalue weighted by atomic mass is 32.1. The summed E-state index contributed by atoms with van der Waals surface area (Å²) in [6.45, 7) is 4.01. The standard InChI is InChI=1S/C24H25N3O4S/c1-13-6-5-7-19(14(13)2)25-23(29)18-8-9-20-21(18)26-24(32-20)27-22(28)15-10-16(30-3)12-17(11-15)31-4/h5-7,10-12,18H,8-9H2,1-4H3,(H,25,29)(H,26,27,28). The van der Waals surface area contributed by atoms with Gasteiger partial charge in [-0.05, 0) is 56.0 Å². The van der Waals surface area contributed by atoms with Crippen molar-refractivity contribution >= 4 is 34.0 Å². The van der Waals surface area contributed by atoms with E-state index < -0.39 is 0 Å². The van der Waals surface area contributed by atoms with Gasteiger partial charge in [0.2, 0.25) is 5.91 Å². The van der Waals surface area contributed by atoms with Crippen LogP contribution >= 0.6 is 11.3 Å². The van der Waals surface area contributed by atoms with E-state index in [9.17, 15) is 9.59 Å². The summed E-state index contributed by atoms with van der Waals surface area (Å²) in [7, 11) is 3.07. The lowest BCUT2D eigenvalue weighted by molar-refractivity contribution is -0.117. The van der Waals surface area contributed by atoms with Crippen LogP contribution < -0.4 is 20.1 Å². The number of hydrogen-bond donors (Lipinski definition) is 2. The zero-order chi connectivity index (χ0) is 22.8. The van der Waals surface area contributed by atoms with Gasteiger partial charge in [0.05, 0.1) is 25.8 Å². The molecule has 7 nitrogen and oxygen atoms in total. The summed E-state index contributed by atoms with van der Waals surface area (Å²) in [5, 5.41) is 6.37. The first-order chi connectivity index (χ1) is 15.4. The average Bonchev–Trinajstić information content (AvgIpc) is 3.36. The highest BCUT2D eigenvalue weighted by Gasteiger charge is 2.33. The Bertz CT molecular complexity index is 1170. The van der Waals surface area contributed by atoms with Gasteiger partial charge >= 0.3 is 0 Å². The van der Waals surface area contributed by atoms with Crippen molar-refractivity contribution in [2.45, 2.75) is 32.6 Å². The molecule has 166 valence electrons. The smallest absolute Gasteiger partial charge is 0.257 e. The van der Waals surface area contributed by atoms with Gasteiger partial charge in [-0.2, -0.15) is 0 Å². The predicted molar refractivity (Wildman–Crippen MR) is 125 cm³/mol. The van der Waals surface area contributed by atoms with Crippen molar-refractivity contribution in [2.24, 2.45) is 0 Å². The van der Waals surface area contributed by atoms with E-state index in [2.05, 4.69) is 15.6 Å². The Morgan fingerprint density at radius 2 is 1.78 bits per heavy atom. The molecule has 8 heteroatoms. The van der Waals surface area contributed by atoms with Crippen LogP contribution in [0.2, 0.25) is 0 Å². The summed E-state index contributed by atoms with van der Waals surface area (Å²) in [4.78, 5) is 31.4. The van der Waals surface area contributed by atoms with E-state index in [1.54, 1.807) is 18.2 Å². The first-order valence-electron chi connectivity index (χ1n) is 10.3. The molecular weight excluding hydrogens is 426 g/mol. The molecule has 1 aliphatic carbocycles. The molecule has 4 rings (SSSR count). The van der Waals surface area contributed by atoms with Gasteiger partial charge in [-0.1, -0.05) is 12.1 Å². The SMILES string of the molecule is COc1cc(OC)cc(C(=O)Nc2nc3c(s2)CCC3C(=O)Nc2cccc(C)c2C)c1. The lowest BCUT2D eigenvalue weighted by atomic mass is 10.0. The molecule has 2 aromatic carbocycles. The number of aromatic nitrogens is 1. The van der Waals surface area contributed by atoms with Crippen LogP contribution in [-0.2, 0) is 11.2 Å². The first-order valence-corrected chi connectivity index (χ1v) is 11.1. The molecule has 2 amide bonds. The van der Waals surface area contributed by atoms with Crippen LogP contribution in [0.1, 0.15) is 44.4 Å². The van der Waals surface area contributed by atoms with Gasteiger partial charge in [0, 0.05) is 22.2 Å². The van der Waals surface area contributed by atoms with Crippen LogP contribution in [0, 0.1) is 13.8 Å². The molecule has 1 atom stereocenters. The monoisotopic (exact) mass is 451 g/mol. The quantitative estimate of drug-likeness (QED) is 0.567. The molecule has 0 saturated carbocycles. The number of ether oxygens (including phenoxy) is 2. The molecule has 0 bridgehead atoms. The maximum Gasteiger partial charge on any atom is 0.257 e. The van der Waals surface area contributed by atoms with Crippen molar-refractivity contribution in [2.75, 3.05) is 24.9 Å². The third-order valence-corrected chi connectivity index (χ3v) is 6.78. The number of carbonyl (C=O) groups excluding carboxylic acids is 2. The third kappa shape index (κ3) is 4.31. The van der Waals surface area contributed by atoms with Crippen LogP contribution in [0.5, 0.6) is 11.5 Å². The van der Waals surface area contributed by atoms with Crippen molar-refractivity contribution in [3.63, 3.8) is 0 Å². The Morgan fingerprint density at radius 1 is 1.06 bits per heavy atom. The summed E-state index contributed by atoms with van der Waals surface area (Å²) in [6, 6.07) is 10.8. The highest BCUT2D eigenvalue weighted by molar-refractivity contribution is 7.16. The number of benzene rings is 2. The number of rotatable bonds is 6. The minimum atomic E-state index is -0.330. The van der Waals surface area contributed by atoms with Crippen molar-refractivity contribution in [3.8, 4) is 11.5 Å². The van der Waals surface area contributed by atoms with E-state index in [-0.39, 0.29) is 17.7 Å². The molecule has 1 heterocycles. The van der Waals surface area contributed by atoms with Gasteiger partial charge in [0.25, 0.3) is 5.91 Å². The van der Waals surface area contributed by atoms with E-state index in [1.807, 2.05) is 32.0 Å². The van der Waals surface area contributed by atoms with Crippen LogP contribution in [0.25, 0.3) is 0 Å². The number of amides is 2. The van der Waals surface area contributed by atoms with Gasteiger partial charge in [-0.15, -0.1) is 11.3 Å². The zero-order valence-electron chi connectivity index (χ0n) is 18.4. The molecular formula is C24H25N3O4S. The molecule has 1 aromatic heterocycles. The number of hydrogen-bond acceptors (Lipinski definition) is 6. The van der Waals surface area contributed by atoms with Crippen molar-refractivity contribution in [1.82, 2.24) is 4.98 Å². The number of thiazole rings is 1. The molecule has 0 aliphatic heterocycles. The van der Waals surface area contributed by atoms with Crippen molar-refractivity contribution in [1.29, 1.82) is 0 Å². The number of carbonyl (C=O) groups is 2. The summed E-state index contributed by atoms with van der Waals surface area (Å²) in [6.07, 6.45) is 1.48. The molecule has 1 unspecified atom stereocenters. The van der Waals surface area contributed by atoms with Crippen molar-refractivity contribution in [3.05, 3.63) is 63.7 Å². The Hall–Kier alpha value is -3.39. The van der Waals surface area contributed by atoms with Crippen molar-refractivity contribution < 1.29 is 19.1 Å². The number of nitrogens with zero attached hydrogens (tertiary/aromatic N) is 1. The van der Waals surface area contributed by atoms with Crippen LogP contribution in [0.15, 0.2) is 36.4 Å². The van der Waals surface area contributed by atoms with E-state index in [4.69, 9.17) is 9.47 Å². The molecule has 0 saturated heterocycles. The topological polar surface area (TPSA) is 89.6 Å². The maximum absolute atomic E-state index is 13.0. The second-order valence-electron chi connectivity index (χ2n) is 7.71. The number of fused-ring (bicyclic) bond motifs is 1. The Labute approximate surface area is 190 Å². The highest BCUT2D eigenvalue weighted by Crippen LogP contribution is 2.39. The maximum atomic E-state index is 13.0. The Kier molecular flexibility index (Phi) is 6.14. The van der Waals surface area contributed by atoms with E-state index in [0.29, 0.717) is 28.6 Å². The summed E-state index contributed by atoms with van der Waals surface area (Å²) >= 11 is 1.41. The molecule has 0 fully saturated rings. The number of anilines is 2. The summed E-state index contributed by atoms with van der Waals surface area (Å²) in [5.74, 6) is 0.339. The molecule has 0 spiro atoms. The minimum Gasteiger partial charge on any atom is -0.497 e. The lowest BCUT2D eigenvalue weighted by Gasteiger charge is -2.14. The largest absolute Gasteiger partial charge is 0.497 e. The van der Waals surface area contributed by atoms with E-state index in [0.717, 1.165) is 33.8 Å². The fourth-order valence-corrected chi connectivity index (χ4v) is 4.78. The number of nitrogens with one attached hydrogen (secondary N) is 2. The van der Waals surface area contributed by atoms with Crippen LogP contribution in [-0.4, -0.2) is 31.0 Å². The minimum absolute atomic E-state index is 0.0711. The lowest BCUT2D eigenvalue weighted by Crippen LogP contribution is -2.20. The molecule has 32 heavy (non-hydrogen) atoms. The van der Waals surface area contributed by atoms with E-state index in [1.165, 1.54) is 25.6 Å². The second kappa shape index (κ2) is 9.00. The fraction of sp³-hybridized carbons (Fsp3) is 0.292. The van der Waals surface area contributed by atoms with Gasteiger partial charge in [0.15, 0.2) is 5.13 Å². The first kappa shape index (κ1) is 21.8. The second-order valence-corrected chi connectivity index (χ2v) is 8.79. The van der Waals surface area contributed by atoms with Gasteiger partial charge in [0.1, 0.15) is 11.5 Å². The van der Waals surface area contributed by atoms with Gasteiger partial charge in [-0.25, -0.2) is 4.98 Å². The zero-order valence-corrected chi connectivity index (χ0v) is 19.3. The van der Waals surface area contributed by atoms with E-state index >= 15 is 0 Å². The molecule has 3 aromatic rings. The number of methoxy groups -OCH3 is 2. The normalized spacial score (nSPS) is 14.6. The number of aryl methyl sites for hydroxylation is 2. The van der Waals surface area contributed by atoms with Gasteiger partial charge < -0.3 is 14.8 Å². The third-order valence-electron chi connectivity index (χ3n) is 5.73. The van der Waals surface area contributed by atoms with Crippen LogP contribution in [0.3, 0.4) is 0 Å². The predicted octanol–water partition coefficient (Wildman–Crippen LogP) is 4.70. The molecule has 1 aliphatic rings. The fourth-order valence-electron chi connectivity index (χ4n) is 3.75. The summed E-state index contributed by atoms with van der Waals surface area (Å²) in [5.41, 5.74) is 4.15. The average molecular weight is 452 g/mol. The Balaban J connectivity index is 1.50. The molecule has 0 radical (unpaired) electrons.